The molecule has 0 saturated carbocycles. The first-order chi connectivity index (χ1) is 14.0. The topological polar surface area (TPSA) is 75.7 Å². The molecule has 0 atom stereocenters. The van der Waals surface area contributed by atoms with Gasteiger partial charge in [0.25, 0.3) is 17.7 Å². The molecule has 3 rings (SSSR count). The summed E-state index contributed by atoms with van der Waals surface area (Å²) in [6.07, 6.45) is 2.18. The molecule has 0 saturated heterocycles. The van der Waals surface area contributed by atoms with Gasteiger partial charge in [0, 0.05) is 31.5 Å². The Bertz CT molecular complexity index is 930. The van der Waals surface area contributed by atoms with E-state index in [4.69, 9.17) is 4.74 Å². The number of imide groups is 1. The Hall–Kier alpha value is -2.99. The third-order valence-corrected chi connectivity index (χ3v) is 5.20. The smallest absolute Gasteiger partial charge is 0.261 e. The summed E-state index contributed by atoms with van der Waals surface area (Å²) in [5.41, 5.74) is 3.93. The monoisotopic (exact) mass is 394 g/mol. The predicted molar refractivity (Wildman–Crippen MR) is 111 cm³/mol. The number of benzene rings is 2. The fourth-order valence-electron chi connectivity index (χ4n) is 3.59. The number of rotatable bonds is 8. The van der Waals surface area contributed by atoms with E-state index in [0.717, 1.165) is 29.7 Å². The number of methoxy groups -OCH3 is 1. The van der Waals surface area contributed by atoms with Gasteiger partial charge in [0.1, 0.15) is 0 Å². The Morgan fingerprint density at radius 2 is 1.66 bits per heavy atom. The Kier molecular flexibility index (Phi) is 6.44. The number of para-hydroxylation sites is 1. The van der Waals surface area contributed by atoms with Crippen molar-refractivity contribution in [3.05, 3.63) is 64.2 Å². The number of carbonyl (C=O) groups excluding carboxylic acids is 3. The summed E-state index contributed by atoms with van der Waals surface area (Å²) < 4.78 is 4.99. The fraction of sp³-hybridized carbons (Fsp3) is 0.348. The van der Waals surface area contributed by atoms with Crippen LogP contribution in [0.25, 0.3) is 0 Å². The van der Waals surface area contributed by atoms with Crippen LogP contribution in [0.2, 0.25) is 0 Å². The minimum Gasteiger partial charge on any atom is -0.385 e. The molecule has 0 unspecified atom stereocenters. The van der Waals surface area contributed by atoms with E-state index in [1.165, 1.54) is 11.0 Å². The quantitative estimate of drug-likeness (QED) is 0.547. The largest absolute Gasteiger partial charge is 0.385 e. The lowest BCUT2D eigenvalue weighted by atomic mass is 10.0. The van der Waals surface area contributed by atoms with Gasteiger partial charge in [-0.25, -0.2) is 0 Å². The summed E-state index contributed by atoms with van der Waals surface area (Å²) in [4.78, 5) is 39.3. The maximum atomic E-state index is 12.9. The summed E-state index contributed by atoms with van der Waals surface area (Å²) in [7, 11) is 1.58. The normalized spacial score (nSPS) is 13.0. The average molecular weight is 394 g/mol. The molecule has 2 aromatic carbocycles. The van der Waals surface area contributed by atoms with Crippen molar-refractivity contribution in [2.45, 2.75) is 33.1 Å². The molecule has 29 heavy (non-hydrogen) atoms. The third kappa shape index (κ3) is 4.07. The van der Waals surface area contributed by atoms with Gasteiger partial charge in [0.2, 0.25) is 0 Å². The van der Waals surface area contributed by atoms with Crippen molar-refractivity contribution in [2.75, 3.05) is 25.6 Å². The first-order valence-corrected chi connectivity index (χ1v) is 9.93. The van der Waals surface area contributed by atoms with Crippen LogP contribution in [0.5, 0.6) is 0 Å². The summed E-state index contributed by atoms with van der Waals surface area (Å²) in [5, 5.41) is 3.00. The number of ether oxygens (including phenoxy) is 1. The molecule has 1 N–H and O–H groups in total. The second-order valence-corrected chi connectivity index (χ2v) is 6.98. The summed E-state index contributed by atoms with van der Waals surface area (Å²) >= 11 is 0. The van der Waals surface area contributed by atoms with Crippen LogP contribution in [0, 0.1) is 0 Å². The SMILES string of the molecule is CCc1cccc(CC)c1NC(=O)c1ccc2c(c1)C(=O)N(CCCOC)C2=O. The van der Waals surface area contributed by atoms with Gasteiger partial charge in [-0.2, -0.15) is 0 Å². The minimum absolute atomic E-state index is 0.277. The van der Waals surface area contributed by atoms with E-state index in [-0.39, 0.29) is 23.3 Å². The van der Waals surface area contributed by atoms with Gasteiger partial charge in [-0.05, 0) is 48.6 Å². The molecule has 0 fully saturated rings. The number of fused-ring (bicyclic) bond motifs is 1. The molecule has 1 aliphatic heterocycles. The fourth-order valence-corrected chi connectivity index (χ4v) is 3.59. The molecular weight excluding hydrogens is 368 g/mol. The molecule has 0 radical (unpaired) electrons. The third-order valence-electron chi connectivity index (χ3n) is 5.20. The van der Waals surface area contributed by atoms with Gasteiger partial charge < -0.3 is 10.1 Å². The summed E-state index contributed by atoms with van der Waals surface area (Å²) in [5.74, 6) is -0.974. The number of hydrogen-bond donors (Lipinski definition) is 1. The molecule has 3 amide bonds. The first kappa shape index (κ1) is 20.7. The van der Waals surface area contributed by atoms with Crippen LogP contribution in [0.1, 0.15) is 62.5 Å². The van der Waals surface area contributed by atoms with Crippen LogP contribution in [-0.2, 0) is 17.6 Å². The van der Waals surface area contributed by atoms with E-state index in [9.17, 15) is 14.4 Å². The zero-order chi connectivity index (χ0) is 21.0. The average Bonchev–Trinajstić information content (AvgIpc) is 2.98. The number of nitrogens with one attached hydrogen (secondary N) is 1. The van der Waals surface area contributed by atoms with Crippen molar-refractivity contribution in [2.24, 2.45) is 0 Å². The van der Waals surface area contributed by atoms with E-state index >= 15 is 0 Å². The second kappa shape index (κ2) is 9.01. The highest BCUT2D eigenvalue weighted by Gasteiger charge is 2.35. The number of carbonyl (C=O) groups is 3. The molecule has 1 heterocycles. The first-order valence-electron chi connectivity index (χ1n) is 9.93. The van der Waals surface area contributed by atoms with E-state index in [0.29, 0.717) is 30.7 Å². The van der Waals surface area contributed by atoms with Crippen LogP contribution in [0.3, 0.4) is 0 Å². The number of hydrogen-bond acceptors (Lipinski definition) is 4. The Balaban J connectivity index is 1.84. The highest BCUT2D eigenvalue weighted by molar-refractivity contribution is 6.22. The van der Waals surface area contributed by atoms with E-state index < -0.39 is 0 Å². The predicted octanol–water partition coefficient (Wildman–Crippen LogP) is 3.70. The van der Waals surface area contributed by atoms with E-state index in [2.05, 4.69) is 5.32 Å². The molecular formula is C23H26N2O4. The Morgan fingerprint density at radius 3 is 2.28 bits per heavy atom. The molecule has 6 heteroatoms. The highest BCUT2D eigenvalue weighted by atomic mass is 16.5. The number of amides is 3. The van der Waals surface area contributed by atoms with Crippen molar-refractivity contribution < 1.29 is 19.1 Å². The van der Waals surface area contributed by atoms with Gasteiger partial charge in [-0.15, -0.1) is 0 Å². The zero-order valence-electron chi connectivity index (χ0n) is 17.1. The number of anilines is 1. The Morgan fingerprint density at radius 1 is 1.00 bits per heavy atom. The molecule has 6 nitrogen and oxygen atoms in total. The summed E-state index contributed by atoms with van der Waals surface area (Å²) in [6, 6.07) is 10.7. The van der Waals surface area contributed by atoms with Gasteiger partial charge in [0.15, 0.2) is 0 Å². The molecule has 152 valence electrons. The number of nitrogens with zero attached hydrogens (tertiary/aromatic N) is 1. The standard InChI is InChI=1S/C23H26N2O4/c1-4-15-8-6-9-16(5-2)20(15)24-21(26)17-10-11-18-19(14-17)23(28)25(22(18)27)12-7-13-29-3/h6,8-11,14H,4-5,7,12-13H2,1-3H3,(H,24,26). The molecule has 2 aromatic rings. The minimum atomic E-state index is -0.362. The van der Waals surface area contributed by atoms with Crippen molar-refractivity contribution in [3.63, 3.8) is 0 Å². The number of aryl methyl sites for hydroxylation is 2. The molecule has 0 aliphatic carbocycles. The van der Waals surface area contributed by atoms with Gasteiger partial charge in [-0.1, -0.05) is 32.0 Å². The van der Waals surface area contributed by atoms with Crippen LogP contribution in [0.15, 0.2) is 36.4 Å². The lowest BCUT2D eigenvalue weighted by Crippen LogP contribution is -2.31. The van der Waals surface area contributed by atoms with Crippen LogP contribution in [-0.4, -0.2) is 42.9 Å². The molecule has 0 bridgehead atoms. The molecule has 1 aliphatic rings. The van der Waals surface area contributed by atoms with Crippen molar-refractivity contribution in [3.8, 4) is 0 Å². The lowest BCUT2D eigenvalue weighted by molar-refractivity contribution is 0.0638. The van der Waals surface area contributed by atoms with E-state index in [1.807, 2.05) is 32.0 Å². The van der Waals surface area contributed by atoms with Gasteiger partial charge >= 0.3 is 0 Å². The van der Waals surface area contributed by atoms with Crippen LogP contribution in [0.4, 0.5) is 5.69 Å². The van der Waals surface area contributed by atoms with Crippen LogP contribution < -0.4 is 5.32 Å². The van der Waals surface area contributed by atoms with Gasteiger partial charge in [0.05, 0.1) is 11.1 Å². The highest BCUT2D eigenvalue weighted by Crippen LogP contribution is 2.26. The van der Waals surface area contributed by atoms with Crippen molar-refractivity contribution >= 4 is 23.4 Å². The van der Waals surface area contributed by atoms with E-state index in [1.54, 1.807) is 19.2 Å². The summed E-state index contributed by atoms with van der Waals surface area (Å²) in [6.45, 7) is 4.85. The van der Waals surface area contributed by atoms with Crippen molar-refractivity contribution in [1.29, 1.82) is 0 Å². The second-order valence-electron chi connectivity index (χ2n) is 6.98. The van der Waals surface area contributed by atoms with Crippen LogP contribution >= 0.6 is 0 Å². The maximum absolute atomic E-state index is 12.9. The lowest BCUT2D eigenvalue weighted by Gasteiger charge is -2.14. The van der Waals surface area contributed by atoms with Gasteiger partial charge in [-0.3, -0.25) is 19.3 Å². The van der Waals surface area contributed by atoms with Crippen molar-refractivity contribution in [1.82, 2.24) is 4.90 Å². The molecule has 0 spiro atoms. The molecule has 0 aromatic heterocycles. The Labute approximate surface area is 170 Å². The maximum Gasteiger partial charge on any atom is 0.261 e. The zero-order valence-corrected chi connectivity index (χ0v) is 17.1.